The van der Waals surface area contributed by atoms with Gasteiger partial charge in [0.25, 0.3) is 0 Å². The van der Waals surface area contributed by atoms with Crippen molar-refractivity contribution in [2.24, 2.45) is 0 Å². The number of halogens is 1. The van der Waals surface area contributed by atoms with E-state index in [0.717, 1.165) is 0 Å². The SMILES string of the molecule is CN(CCCOc1ccc(F)cc1)C(=O)Nc1ccc(C#N)cc1. The van der Waals surface area contributed by atoms with Crippen molar-refractivity contribution in [1.82, 2.24) is 4.90 Å². The molecule has 0 aliphatic heterocycles. The molecule has 6 heteroatoms. The van der Waals surface area contributed by atoms with Crippen molar-refractivity contribution in [3.8, 4) is 11.8 Å². The van der Waals surface area contributed by atoms with Crippen LogP contribution in [0.25, 0.3) is 0 Å². The Morgan fingerprint density at radius 3 is 2.50 bits per heavy atom. The van der Waals surface area contributed by atoms with Gasteiger partial charge < -0.3 is 15.0 Å². The topological polar surface area (TPSA) is 65.4 Å². The summed E-state index contributed by atoms with van der Waals surface area (Å²) in [6.45, 7) is 0.948. The van der Waals surface area contributed by atoms with Crippen LogP contribution in [-0.4, -0.2) is 31.1 Å². The summed E-state index contributed by atoms with van der Waals surface area (Å²) < 4.78 is 18.2. The second-order valence-electron chi connectivity index (χ2n) is 5.20. The first-order valence-corrected chi connectivity index (χ1v) is 7.49. The third kappa shape index (κ3) is 5.29. The van der Waals surface area contributed by atoms with Gasteiger partial charge in [0.15, 0.2) is 0 Å². The molecule has 0 aliphatic rings. The van der Waals surface area contributed by atoms with Gasteiger partial charge in [-0.3, -0.25) is 0 Å². The monoisotopic (exact) mass is 327 g/mol. The van der Waals surface area contributed by atoms with Crippen LogP contribution in [0.15, 0.2) is 48.5 Å². The predicted molar refractivity (Wildman–Crippen MR) is 89.3 cm³/mol. The van der Waals surface area contributed by atoms with Crippen molar-refractivity contribution in [2.75, 3.05) is 25.5 Å². The molecule has 0 bridgehead atoms. The molecular formula is C18H18FN3O2. The van der Waals surface area contributed by atoms with Crippen molar-refractivity contribution in [3.63, 3.8) is 0 Å². The molecule has 1 N–H and O–H groups in total. The Kier molecular flexibility index (Phi) is 6.15. The summed E-state index contributed by atoms with van der Waals surface area (Å²) in [5.41, 5.74) is 1.17. The molecule has 0 fully saturated rings. The third-order valence-electron chi connectivity index (χ3n) is 3.33. The van der Waals surface area contributed by atoms with Crippen LogP contribution in [0, 0.1) is 17.1 Å². The molecule has 0 atom stereocenters. The molecule has 2 rings (SSSR count). The van der Waals surface area contributed by atoms with Crippen LogP contribution < -0.4 is 10.1 Å². The highest BCUT2D eigenvalue weighted by Crippen LogP contribution is 2.12. The van der Waals surface area contributed by atoms with Gasteiger partial charge in [0.2, 0.25) is 0 Å². The highest BCUT2D eigenvalue weighted by molar-refractivity contribution is 5.89. The number of hydrogen-bond acceptors (Lipinski definition) is 3. The molecule has 24 heavy (non-hydrogen) atoms. The Labute approximate surface area is 140 Å². The predicted octanol–water partition coefficient (Wildman–Crippen LogP) is 3.63. The van der Waals surface area contributed by atoms with Crippen molar-refractivity contribution >= 4 is 11.7 Å². The lowest BCUT2D eigenvalue weighted by Crippen LogP contribution is -2.32. The highest BCUT2D eigenvalue weighted by atomic mass is 19.1. The summed E-state index contributed by atoms with van der Waals surface area (Å²) in [6.07, 6.45) is 0.647. The molecule has 0 radical (unpaired) electrons. The molecule has 0 saturated heterocycles. The molecule has 2 aromatic carbocycles. The van der Waals surface area contributed by atoms with Gasteiger partial charge >= 0.3 is 6.03 Å². The summed E-state index contributed by atoms with van der Waals surface area (Å²) in [6, 6.07) is 14.3. The normalized spacial score (nSPS) is 9.88. The van der Waals surface area contributed by atoms with E-state index in [1.165, 1.54) is 12.1 Å². The standard InChI is InChI=1S/C18H18FN3O2/c1-22(11-2-12-24-17-9-5-15(19)6-10-17)18(23)21-16-7-3-14(13-20)4-8-16/h3-10H,2,11-12H2,1H3,(H,21,23). The number of urea groups is 1. The highest BCUT2D eigenvalue weighted by Gasteiger charge is 2.08. The molecule has 0 saturated carbocycles. The van der Waals surface area contributed by atoms with Crippen LogP contribution >= 0.6 is 0 Å². The number of benzene rings is 2. The smallest absolute Gasteiger partial charge is 0.321 e. The lowest BCUT2D eigenvalue weighted by atomic mass is 10.2. The van der Waals surface area contributed by atoms with Crippen molar-refractivity contribution in [1.29, 1.82) is 5.26 Å². The zero-order chi connectivity index (χ0) is 17.4. The Morgan fingerprint density at radius 2 is 1.88 bits per heavy atom. The van der Waals surface area contributed by atoms with Crippen LogP contribution in [0.5, 0.6) is 5.75 Å². The van der Waals surface area contributed by atoms with Crippen molar-refractivity contribution in [3.05, 3.63) is 59.9 Å². The fraction of sp³-hybridized carbons (Fsp3) is 0.222. The Morgan fingerprint density at radius 1 is 1.21 bits per heavy atom. The molecule has 5 nitrogen and oxygen atoms in total. The zero-order valence-electron chi connectivity index (χ0n) is 13.3. The number of nitrogens with zero attached hydrogens (tertiary/aromatic N) is 2. The summed E-state index contributed by atoms with van der Waals surface area (Å²) >= 11 is 0. The van der Waals surface area contributed by atoms with Crippen LogP contribution in [0.3, 0.4) is 0 Å². The van der Waals surface area contributed by atoms with E-state index in [0.29, 0.717) is 36.6 Å². The quantitative estimate of drug-likeness (QED) is 0.824. The molecule has 2 aromatic rings. The van der Waals surface area contributed by atoms with Crippen LogP contribution in [0.4, 0.5) is 14.9 Å². The molecule has 0 spiro atoms. The van der Waals surface area contributed by atoms with Gasteiger partial charge in [-0.25, -0.2) is 9.18 Å². The fourth-order valence-corrected chi connectivity index (χ4v) is 1.97. The van der Waals surface area contributed by atoms with Gasteiger partial charge in [-0.2, -0.15) is 5.26 Å². The largest absolute Gasteiger partial charge is 0.494 e. The molecule has 0 aromatic heterocycles. The Hall–Kier alpha value is -3.07. The average molecular weight is 327 g/mol. The number of ether oxygens (including phenoxy) is 1. The van der Waals surface area contributed by atoms with E-state index >= 15 is 0 Å². The fourth-order valence-electron chi connectivity index (χ4n) is 1.97. The van der Waals surface area contributed by atoms with Crippen LogP contribution in [0.1, 0.15) is 12.0 Å². The van der Waals surface area contributed by atoms with Gasteiger partial charge in [0.1, 0.15) is 11.6 Å². The van der Waals surface area contributed by atoms with E-state index in [9.17, 15) is 9.18 Å². The van der Waals surface area contributed by atoms with Crippen molar-refractivity contribution in [2.45, 2.75) is 6.42 Å². The third-order valence-corrected chi connectivity index (χ3v) is 3.33. The number of nitriles is 1. The number of amides is 2. The lowest BCUT2D eigenvalue weighted by molar-refractivity contribution is 0.216. The van der Waals surface area contributed by atoms with Gasteiger partial charge in [-0.1, -0.05) is 0 Å². The van der Waals surface area contributed by atoms with E-state index < -0.39 is 0 Å². The number of hydrogen-bond donors (Lipinski definition) is 1. The van der Waals surface area contributed by atoms with E-state index in [4.69, 9.17) is 10.00 Å². The van der Waals surface area contributed by atoms with E-state index in [2.05, 4.69) is 5.32 Å². The van der Waals surface area contributed by atoms with E-state index in [-0.39, 0.29) is 11.8 Å². The van der Waals surface area contributed by atoms with Gasteiger partial charge in [-0.05, 0) is 55.0 Å². The second-order valence-corrected chi connectivity index (χ2v) is 5.20. The van der Waals surface area contributed by atoms with Gasteiger partial charge in [0, 0.05) is 19.3 Å². The first-order valence-electron chi connectivity index (χ1n) is 7.49. The minimum absolute atomic E-state index is 0.235. The van der Waals surface area contributed by atoms with Crippen molar-refractivity contribution < 1.29 is 13.9 Å². The molecule has 0 heterocycles. The maximum Gasteiger partial charge on any atom is 0.321 e. The number of nitrogens with one attached hydrogen (secondary N) is 1. The Balaban J connectivity index is 1.71. The molecule has 0 aliphatic carbocycles. The first kappa shape index (κ1) is 17.3. The summed E-state index contributed by atoms with van der Waals surface area (Å²) in [7, 11) is 1.69. The zero-order valence-corrected chi connectivity index (χ0v) is 13.3. The van der Waals surface area contributed by atoms with E-state index in [1.807, 2.05) is 6.07 Å². The summed E-state index contributed by atoms with van der Waals surface area (Å²) in [5, 5.41) is 11.5. The van der Waals surface area contributed by atoms with Gasteiger partial charge in [-0.15, -0.1) is 0 Å². The maximum absolute atomic E-state index is 12.8. The van der Waals surface area contributed by atoms with Crippen LogP contribution in [0.2, 0.25) is 0 Å². The minimum atomic E-state index is -0.304. The molecule has 124 valence electrons. The number of carbonyl (C=O) groups is 1. The van der Waals surface area contributed by atoms with Crippen LogP contribution in [-0.2, 0) is 0 Å². The molecular weight excluding hydrogens is 309 g/mol. The minimum Gasteiger partial charge on any atom is -0.494 e. The molecule has 0 unspecified atom stereocenters. The number of anilines is 1. The summed E-state index contributed by atoms with van der Waals surface area (Å²) in [4.78, 5) is 13.6. The Bertz CT molecular complexity index is 709. The first-order chi connectivity index (χ1) is 11.6. The second kappa shape index (κ2) is 8.53. The average Bonchev–Trinajstić information content (AvgIpc) is 2.60. The lowest BCUT2D eigenvalue weighted by Gasteiger charge is -2.18. The van der Waals surface area contributed by atoms with E-state index in [1.54, 1.807) is 48.3 Å². The summed E-state index contributed by atoms with van der Waals surface area (Å²) in [5.74, 6) is 0.294. The maximum atomic E-state index is 12.8. The number of rotatable bonds is 6. The molecule has 2 amide bonds. The van der Waals surface area contributed by atoms with Gasteiger partial charge in [0.05, 0.1) is 18.2 Å². The number of carbonyl (C=O) groups excluding carboxylic acids is 1.